The van der Waals surface area contributed by atoms with Crippen LogP contribution in [0.5, 0.6) is 0 Å². The molecule has 0 amide bonds. The largest absolute Gasteiger partial charge is 0.357 e. The van der Waals surface area contributed by atoms with Gasteiger partial charge < -0.3 is 10.2 Å². The summed E-state index contributed by atoms with van der Waals surface area (Å²) >= 11 is 2.09. The fraction of sp³-hybridized carbons (Fsp3) is 0.733. The normalized spacial score (nSPS) is 19.0. The summed E-state index contributed by atoms with van der Waals surface area (Å²) in [5.41, 5.74) is 1.20. The van der Waals surface area contributed by atoms with Crippen LogP contribution in [-0.4, -0.2) is 57.8 Å². The van der Waals surface area contributed by atoms with E-state index >= 15 is 0 Å². The molecule has 0 saturated carbocycles. The van der Waals surface area contributed by atoms with Crippen molar-refractivity contribution in [3.05, 3.63) is 18.0 Å². The summed E-state index contributed by atoms with van der Waals surface area (Å²) in [6.45, 7) is 11.2. The molecule has 2 rings (SSSR count). The Labute approximate surface area is 155 Å². The molecule has 0 aromatic carbocycles. The van der Waals surface area contributed by atoms with E-state index in [1.54, 1.807) is 0 Å². The minimum Gasteiger partial charge on any atom is -0.357 e. The number of guanidine groups is 1. The average Bonchev–Trinajstić information content (AvgIpc) is 2.92. The lowest BCUT2D eigenvalue weighted by atomic mass is 10.3. The molecule has 7 heteroatoms. The van der Waals surface area contributed by atoms with Gasteiger partial charge in [-0.2, -0.15) is 16.9 Å². The third-order valence-corrected chi connectivity index (χ3v) is 4.95. The molecule has 0 radical (unpaired) electrons. The van der Waals surface area contributed by atoms with Crippen LogP contribution >= 0.6 is 35.7 Å². The van der Waals surface area contributed by atoms with Crippen molar-refractivity contribution in [3.63, 3.8) is 0 Å². The van der Waals surface area contributed by atoms with Gasteiger partial charge >= 0.3 is 0 Å². The van der Waals surface area contributed by atoms with Crippen LogP contribution in [0.3, 0.4) is 0 Å². The number of nitrogens with zero attached hydrogens (tertiary/aromatic N) is 4. The molecule has 0 spiro atoms. The lowest BCUT2D eigenvalue weighted by Crippen LogP contribution is -2.48. The van der Waals surface area contributed by atoms with Crippen molar-refractivity contribution >= 4 is 41.7 Å². The molecule has 126 valence electrons. The van der Waals surface area contributed by atoms with Gasteiger partial charge in [-0.05, 0) is 25.8 Å². The molecule has 0 aliphatic carbocycles. The second-order valence-corrected chi connectivity index (χ2v) is 6.77. The molecule has 1 aromatic rings. The Hall–Kier alpha value is -0.440. The topological polar surface area (TPSA) is 45.5 Å². The van der Waals surface area contributed by atoms with Crippen molar-refractivity contribution in [1.82, 2.24) is 20.0 Å². The first-order valence-electron chi connectivity index (χ1n) is 7.86. The minimum absolute atomic E-state index is 0. The van der Waals surface area contributed by atoms with Gasteiger partial charge in [-0.25, -0.2) is 0 Å². The molecule has 5 nitrogen and oxygen atoms in total. The molecule has 1 unspecified atom stereocenters. The van der Waals surface area contributed by atoms with Gasteiger partial charge in [0.05, 0.1) is 19.3 Å². The first-order valence-corrected chi connectivity index (χ1v) is 8.91. The summed E-state index contributed by atoms with van der Waals surface area (Å²) in [5.74, 6) is 2.25. The standard InChI is InChI=1S/C15H27N5S.HI/c1-4-14-12-19(8-9-21-14)15(16-5-2)17-6-7-20-11-13(3)10-18-20;/h10-11,14H,4-9,12H2,1-3H3,(H,16,17);1H. The molecule has 2 heterocycles. The highest BCUT2D eigenvalue weighted by Crippen LogP contribution is 2.20. The molecular formula is C15H28IN5S. The highest BCUT2D eigenvalue weighted by Gasteiger charge is 2.21. The Morgan fingerprint density at radius 1 is 1.50 bits per heavy atom. The van der Waals surface area contributed by atoms with Crippen LogP contribution in [0.1, 0.15) is 25.8 Å². The maximum absolute atomic E-state index is 4.77. The van der Waals surface area contributed by atoms with Crippen LogP contribution in [0.4, 0.5) is 0 Å². The van der Waals surface area contributed by atoms with Crippen LogP contribution in [0.15, 0.2) is 17.4 Å². The number of nitrogens with one attached hydrogen (secondary N) is 1. The first kappa shape index (κ1) is 19.6. The Bertz CT molecular complexity index is 463. The van der Waals surface area contributed by atoms with Crippen molar-refractivity contribution in [2.75, 3.05) is 31.9 Å². The van der Waals surface area contributed by atoms with Crippen molar-refractivity contribution in [3.8, 4) is 0 Å². The monoisotopic (exact) mass is 437 g/mol. The molecule has 1 atom stereocenters. The highest BCUT2D eigenvalue weighted by atomic mass is 127. The predicted molar refractivity (Wildman–Crippen MR) is 106 cm³/mol. The van der Waals surface area contributed by atoms with E-state index in [1.807, 2.05) is 10.9 Å². The number of aryl methyl sites for hydroxylation is 1. The molecule has 1 N–H and O–H groups in total. The van der Waals surface area contributed by atoms with E-state index in [0.29, 0.717) is 0 Å². The van der Waals surface area contributed by atoms with Crippen LogP contribution in [0.2, 0.25) is 0 Å². The molecule has 1 aromatic heterocycles. The summed E-state index contributed by atoms with van der Waals surface area (Å²) in [6.07, 6.45) is 5.18. The maximum atomic E-state index is 4.77. The number of halogens is 1. The Morgan fingerprint density at radius 3 is 2.95 bits per heavy atom. The van der Waals surface area contributed by atoms with Gasteiger partial charge in [0.15, 0.2) is 5.96 Å². The number of aliphatic imine (C=N–C) groups is 1. The number of aromatic nitrogens is 2. The summed E-state index contributed by atoms with van der Waals surface area (Å²) in [5, 5.41) is 8.46. The van der Waals surface area contributed by atoms with E-state index in [2.05, 4.69) is 54.0 Å². The van der Waals surface area contributed by atoms with Crippen LogP contribution in [-0.2, 0) is 6.54 Å². The third kappa shape index (κ3) is 5.98. The highest BCUT2D eigenvalue weighted by molar-refractivity contribution is 14.0. The first-order chi connectivity index (χ1) is 10.2. The maximum Gasteiger partial charge on any atom is 0.194 e. The molecular weight excluding hydrogens is 409 g/mol. The summed E-state index contributed by atoms with van der Waals surface area (Å²) in [7, 11) is 0. The summed E-state index contributed by atoms with van der Waals surface area (Å²) in [6, 6.07) is 0. The zero-order valence-electron chi connectivity index (χ0n) is 13.8. The summed E-state index contributed by atoms with van der Waals surface area (Å²) in [4.78, 5) is 7.18. The molecule has 0 bridgehead atoms. The summed E-state index contributed by atoms with van der Waals surface area (Å²) < 4.78 is 1.96. The zero-order chi connectivity index (χ0) is 15.1. The number of hydrogen-bond donors (Lipinski definition) is 1. The lowest BCUT2D eigenvalue weighted by molar-refractivity contribution is 0.407. The minimum atomic E-state index is 0. The molecule has 1 aliphatic heterocycles. The van der Waals surface area contributed by atoms with E-state index in [9.17, 15) is 0 Å². The number of rotatable bonds is 5. The van der Waals surface area contributed by atoms with Crippen molar-refractivity contribution in [2.24, 2.45) is 4.99 Å². The zero-order valence-corrected chi connectivity index (χ0v) is 16.9. The Kier molecular flexibility index (Phi) is 9.23. The van der Waals surface area contributed by atoms with Crippen LogP contribution < -0.4 is 5.32 Å². The Balaban J connectivity index is 0.00000242. The smallest absolute Gasteiger partial charge is 0.194 e. The van der Waals surface area contributed by atoms with Crippen molar-refractivity contribution in [1.29, 1.82) is 0 Å². The molecule has 22 heavy (non-hydrogen) atoms. The Morgan fingerprint density at radius 2 is 2.32 bits per heavy atom. The lowest BCUT2D eigenvalue weighted by Gasteiger charge is -2.34. The third-order valence-electron chi connectivity index (χ3n) is 3.58. The fourth-order valence-corrected chi connectivity index (χ4v) is 3.61. The van der Waals surface area contributed by atoms with E-state index in [1.165, 1.54) is 17.7 Å². The fourth-order valence-electron chi connectivity index (χ4n) is 2.43. The number of hydrogen-bond acceptors (Lipinski definition) is 3. The van der Waals surface area contributed by atoms with Gasteiger partial charge in [-0.15, -0.1) is 24.0 Å². The van der Waals surface area contributed by atoms with Gasteiger partial charge in [0.2, 0.25) is 0 Å². The second kappa shape index (κ2) is 10.4. The molecule has 1 fully saturated rings. The second-order valence-electron chi connectivity index (χ2n) is 5.36. The van der Waals surface area contributed by atoms with Gasteiger partial charge in [-0.3, -0.25) is 9.67 Å². The van der Waals surface area contributed by atoms with E-state index in [-0.39, 0.29) is 24.0 Å². The quantitative estimate of drug-likeness (QED) is 0.437. The van der Waals surface area contributed by atoms with Crippen molar-refractivity contribution in [2.45, 2.75) is 39.0 Å². The van der Waals surface area contributed by atoms with Gasteiger partial charge in [-0.1, -0.05) is 6.92 Å². The van der Waals surface area contributed by atoms with E-state index in [4.69, 9.17) is 4.99 Å². The van der Waals surface area contributed by atoms with Gasteiger partial charge in [0.1, 0.15) is 0 Å². The van der Waals surface area contributed by atoms with Crippen LogP contribution in [0.25, 0.3) is 0 Å². The van der Waals surface area contributed by atoms with E-state index in [0.717, 1.165) is 43.9 Å². The van der Waals surface area contributed by atoms with Gasteiger partial charge in [0, 0.05) is 36.8 Å². The van der Waals surface area contributed by atoms with E-state index < -0.39 is 0 Å². The average molecular weight is 437 g/mol. The van der Waals surface area contributed by atoms with Crippen LogP contribution in [0, 0.1) is 6.92 Å². The molecule has 1 saturated heterocycles. The SMILES string of the molecule is CCNC(=NCCn1cc(C)cn1)N1CCSC(CC)C1.I. The van der Waals surface area contributed by atoms with Gasteiger partial charge in [0.25, 0.3) is 0 Å². The number of thioether (sulfide) groups is 1. The van der Waals surface area contributed by atoms with Crippen molar-refractivity contribution < 1.29 is 0 Å². The molecule has 1 aliphatic rings. The predicted octanol–water partition coefficient (Wildman–Crippen LogP) is 2.60.